The van der Waals surface area contributed by atoms with Crippen LogP contribution in [0.5, 0.6) is 5.75 Å². The van der Waals surface area contributed by atoms with Crippen LogP contribution in [0.15, 0.2) is 24.3 Å². The van der Waals surface area contributed by atoms with E-state index >= 15 is 0 Å². The summed E-state index contributed by atoms with van der Waals surface area (Å²) in [6.07, 6.45) is -4.39. The van der Waals surface area contributed by atoms with E-state index in [2.05, 4.69) is 16.6 Å². The second-order valence-corrected chi connectivity index (χ2v) is 5.43. The highest BCUT2D eigenvalue weighted by Crippen LogP contribution is 2.23. The number of amides is 1. The first-order valence-corrected chi connectivity index (χ1v) is 7.65. The summed E-state index contributed by atoms with van der Waals surface area (Å²) in [5.74, 6) is -0.335. The van der Waals surface area contributed by atoms with Crippen LogP contribution >= 0.6 is 0 Å². The van der Waals surface area contributed by atoms with Crippen molar-refractivity contribution in [3.63, 3.8) is 0 Å². The van der Waals surface area contributed by atoms with E-state index < -0.39 is 12.5 Å². The standard InChI is InChI=1S/C16H20F3N2O3/c1-2-6-20-7-9-21(10-8-20)15(22)23-12-13-4-3-5-14(11-13)24-16(17,18)19/h3-5,11H,1-2,6-10,12H2. The quantitative estimate of drug-likeness (QED) is 0.823. The summed E-state index contributed by atoms with van der Waals surface area (Å²) in [6, 6.07) is 5.39. The molecule has 1 aliphatic rings. The first kappa shape index (κ1) is 18.4. The largest absolute Gasteiger partial charge is 0.573 e. The molecule has 133 valence electrons. The molecule has 0 aromatic heterocycles. The molecule has 1 saturated heterocycles. The Balaban J connectivity index is 1.81. The van der Waals surface area contributed by atoms with Gasteiger partial charge < -0.3 is 14.4 Å². The summed E-state index contributed by atoms with van der Waals surface area (Å²) >= 11 is 0. The fourth-order valence-electron chi connectivity index (χ4n) is 2.45. The number of carbonyl (C=O) groups is 1. The van der Waals surface area contributed by atoms with Crippen molar-refractivity contribution in [3.8, 4) is 5.75 Å². The normalized spacial score (nSPS) is 16.1. The highest BCUT2D eigenvalue weighted by molar-refractivity contribution is 5.67. The van der Waals surface area contributed by atoms with Gasteiger partial charge in [0.2, 0.25) is 0 Å². The zero-order valence-corrected chi connectivity index (χ0v) is 13.2. The molecule has 0 saturated carbocycles. The molecule has 1 amide bonds. The molecule has 1 aromatic rings. The zero-order valence-electron chi connectivity index (χ0n) is 13.2. The monoisotopic (exact) mass is 345 g/mol. The molecule has 0 atom stereocenters. The number of hydrogen-bond acceptors (Lipinski definition) is 4. The average Bonchev–Trinajstić information content (AvgIpc) is 2.52. The minimum Gasteiger partial charge on any atom is -0.445 e. The number of hydrogen-bond donors (Lipinski definition) is 0. The summed E-state index contributed by atoms with van der Waals surface area (Å²) in [5, 5.41) is 0. The van der Waals surface area contributed by atoms with Crippen molar-refractivity contribution in [2.45, 2.75) is 19.4 Å². The number of halogens is 3. The molecule has 24 heavy (non-hydrogen) atoms. The molecule has 1 heterocycles. The molecule has 2 rings (SSSR count). The van der Waals surface area contributed by atoms with E-state index in [0.29, 0.717) is 18.7 Å². The second kappa shape index (κ2) is 8.23. The number of ether oxygens (including phenoxy) is 2. The van der Waals surface area contributed by atoms with Gasteiger partial charge in [0.05, 0.1) is 0 Å². The van der Waals surface area contributed by atoms with Crippen molar-refractivity contribution in [1.29, 1.82) is 0 Å². The highest BCUT2D eigenvalue weighted by atomic mass is 19.4. The molecule has 0 N–H and O–H groups in total. The van der Waals surface area contributed by atoms with Crippen molar-refractivity contribution in [2.24, 2.45) is 0 Å². The third-order valence-electron chi connectivity index (χ3n) is 3.60. The summed E-state index contributed by atoms with van der Waals surface area (Å²) in [6.45, 7) is 7.25. The number of carbonyl (C=O) groups excluding carboxylic acids is 1. The Morgan fingerprint density at radius 2 is 1.92 bits per heavy atom. The Labute approximate surface area is 138 Å². The van der Waals surface area contributed by atoms with Gasteiger partial charge in [-0.25, -0.2) is 4.79 Å². The Kier molecular flexibility index (Phi) is 6.30. The van der Waals surface area contributed by atoms with Crippen molar-refractivity contribution in [1.82, 2.24) is 9.80 Å². The molecule has 0 bridgehead atoms. The third-order valence-corrected chi connectivity index (χ3v) is 3.60. The van der Waals surface area contributed by atoms with Crippen LogP contribution in [0.25, 0.3) is 0 Å². The van der Waals surface area contributed by atoms with Crippen LogP contribution < -0.4 is 4.74 Å². The van der Waals surface area contributed by atoms with Crippen LogP contribution in [-0.4, -0.2) is 55.0 Å². The van der Waals surface area contributed by atoms with Gasteiger partial charge in [0.1, 0.15) is 12.4 Å². The fourth-order valence-corrected chi connectivity index (χ4v) is 2.45. The average molecular weight is 345 g/mol. The maximum absolute atomic E-state index is 12.2. The van der Waals surface area contributed by atoms with Crippen LogP contribution in [0.3, 0.4) is 0 Å². The van der Waals surface area contributed by atoms with Crippen molar-refractivity contribution in [2.75, 3.05) is 32.7 Å². The van der Waals surface area contributed by atoms with Gasteiger partial charge in [0.25, 0.3) is 0 Å². The molecular weight excluding hydrogens is 325 g/mol. The van der Waals surface area contributed by atoms with Gasteiger partial charge in [-0.1, -0.05) is 19.1 Å². The number of alkyl halides is 3. The van der Waals surface area contributed by atoms with Crippen molar-refractivity contribution in [3.05, 3.63) is 36.8 Å². The second-order valence-electron chi connectivity index (χ2n) is 5.43. The van der Waals surface area contributed by atoms with E-state index in [1.165, 1.54) is 18.2 Å². The zero-order chi connectivity index (χ0) is 17.6. The summed E-state index contributed by atoms with van der Waals surface area (Å²) < 4.78 is 45.6. The van der Waals surface area contributed by atoms with Crippen LogP contribution in [0.1, 0.15) is 12.0 Å². The first-order valence-electron chi connectivity index (χ1n) is 7.65. The van der Waals surface area contributed by atoms with E-state index in [0.717, 1.165) is 26.1 Å². The number of piperazine rings is 1. The Bertz CT molecular complexity index is 544. The van der Waals surface area contributed by atoms with Crippen LogP contribution in [0.2, 0.25) is 0 Å². The molecule has 1 fully saturated rings. The molecule has 1 aromatic carbocycles. The minimum atomic E-state index is -4.75. The third kappa shape index (κ3) is 5.92. The number of rotatable bonds is 5. The lowest BCUT2D eigenvalue weighted by molar-refractivity contribution is -0.274. The highest BCUT2D eigenvalue weighted by Gasteiger charge is 2.31. The smallest absolute Gasteiger partial charge is 0.445 e. The van der Waals surface area contributed by atoms with Crippen molar-refractivity contribution < 1.29 is 27.4 Å². The first-order chi connectivity index (χ1) is 11.4. The fraction of sp³-hybridized carbons (Fsp3) is 0.500. The number of benzene rings is 1. The van der Waals surface area contributed by atoms with Gasteiger partial charge in [-0.2, -0.15) is 0 Å². The van der Waals surface area contributed by atoms with Crippen LogP contribution in [-0.2, 0) is 11.3 Å². The van der Waals surface area contributed by atoms with E-state index in [-0.39, 0.29) is 12.4 Å². The lowest BCUT2D eigenvalue weighted by atomic mass is 10.2. The maximum Gasteiger partial charge on any atom is 0.573 e. The Hall–Kier alpha value is -1.96. The van der Waals surface area contributed by atoms with Gasteiger partial charge in [-0.15, -0.1) is 13.2 Å². The topological polar surface area (TPSA) is 42.0 Å². The van der Waals surface area contributed by atoms with Gasteiger partial charge >= 0.3 is 12.5 Å². The molecule has 1 radical (unpaired) electrons. The molecule has 8 heteroatoms. The molecule has 5 nitrogen and oxygen atoms in total. The summed E-state index contributed by atoms with van der Waals surface area (Å²) in [4.78, 5) is 15.8. The maximum atomic E-state index is 12.2. The van der Waals surface area contributed by atoms with Gasteiger partial charge in [0.15, 0.2) is 0 Å². The number of nitrogens with zero attached hydrogens (tertiary/aromatic N) is 2. The van der Waals surface area contributed by atoms with Crippen LogP contribution in [0, 0.1) is 6.92 Å². The molecule has 0 spiro atoms. The lowest BCUT2D eigenvalue weighted by Gasteiger charge is -2.33. The molecule has 0 aliphatic carbocycles. The van der Waals surface area contributed by atoms with Crippen molar-refractivity contribution >= 4 is 6.09 Å². The van der Waals surface area contributed by atoms with Crippen LogP contribution in [0.4, 0.5) is 18.0 Å². The van der Waals surface area contributed by atoms with Gasteiger partial charge in [0, 0.05) is 26.2 Å². The minimum absolute atomic E-state index is 0.104. The predicted octanol–water partition coefficient (Wildman–Crippen LogP) is 3.06. The Morgan fingerprint density at radius 1 is 1.21 bits per heavy atom. The molecule has 0 unspecified atom stereocenters. The van der Waals surface area contributed by atoms with E-state index in [4.69, 9.17) is 4.74 Å². The summed E-state index contributed by atoms with van der Waals surface area (Å²) in [7, 11) is 0. The SMILES string of the molecule is [CH2]CCN1CCN(C(=O)OCc2cccc(OC(F)(F)F)c2)CC1. The lowest BCUT2D eigenvalue weighted by Crippen LogP contribution is -2.48. The molecular formula is C16H20F3N2O3. The van der Waals surface area contributed by atoms with E-state index in [1.807, 2.05) is 0 Å². The van der Waals surface area contributed by atoms with Gasteiger partial charge in [-0.3, -0.25) is 4.90 Å². The Morgan fingerprint density at radius 3 is 2.54 bits per heavy atom. The predicted molar refractivity (Wildman–Crippen MR) is 81.3 cm³/mol. The molecule has 1 aliphatic heterocycles. The van der Waals surface area contributed by atoms with E-state index in [9.17, 15) is 18.0 Å². The summed E-state index contributed by atoms with van der Waals surface area (Å²) in [5.41, 5.74) is 0.431. The van der Waals surface area contributed by atoms with E-state index in [1.54, 1.807) is 11.0 Å². The van der Waals surface area contributed by atoms with Gasteiger partial charge in [-0.05, 0) is 30.7 Å².